The molecular formula is C13H15ClN2O2. The van der Waals surface area contributed by atoms with Gasteiger partial charge in [0, 0.05) is 25.2 Å². The molecule has 0 aliphatic heterocycles. The number of halogens is 1. The van der Waals surface area contributed by atoms with Crippen LogP contribution in [0.4, 0.5) is 0 Å². The summed E-state index contributed by atoms with van der Waals surface area (Å²) in [6, 6.07) is 5.32. The van der Waals surface area contributed by atoms with Gasteiger partial charge in [-0.05, 0) is 17.7 Å². The van der Waals surface area contributed by atoms with Gasteiger partial charge in [-0.15, -0.1) is 0 Å². The molecule has 4 nitrogen and oxygen atoms in total. The summed E-state index contributed by atoms with van der Waals surface area (Å²) in [5.74, 6) is 0.596. The minimum atomic E-state index is -0.710. The van der Waals surface area contributed by atoms with Crippen LogP contribution in [-0.4, -0.2) is 22.0 Å². The second-order valence-corrected chi connectivity index (χ2v) is 4.51. The molecule has 0 aliphatic carbocycles. The lowest BCUT2D eigenvalue weighted by Crippen LogP contribution is -2.04. The smallest absolute Gasteiger partial charge is 0.126 e. The van der Waals surface area contributed by atoms with Gasteiger partial charge in [0.05, 0.1) is 24.4 Å². The lowest BCUT2D eigenvalue weighted by molar-refractivity contribution is 0.174. The van der Waals surface area contributed by atoms with Crippen LogP contribution < -0.4 is 4.74 Å². The standard InChI is InChI=1S/C13H15ClN2O2/c1-16-8-9(7-15-16)6-11(17)13-10(14)4-3-5-12(13)18-2/h3-5,7-8,11,17H,6H2,1-2H3. The van der Waals surface area contributed by atoms with Gasteiger partial charge in [-0.1, -0.05) is 17.7 Å². The minimum absolute atomic E-state index is 0.452. The van der Waals surface area contributed by atoms with Crippen molar-refractivity contribution in [3.63, 3.8) is 0 Å². The first-order chi connectivity index (χ1) is 8.61. The van der Waals surface area contributed by atoms with Gasteiger partial charge in [-0.3, -0.25) is 4.68 Å². The van der Waals surface area contributed by atoms with Crippen molar-refractivity contribution in [2.75, 3.05) is 7.11 Å². The Morgan fingerprint density at radius 1 is 1.50 bits per heavy atom. The summed E-state index contributed by atoms with van der Waals surface area (Å²) < 4.78 is 6.93. The van der Waals surface area contributed by atoms with E-state index in [-0.39, 0.29) is 0 Å². The molecule has 0 saturated carbocycles. The Hall–Kier alpha value is -1.52. The number of ether oxygens (including phenoxy) is 1. The van der Waals surface area contributed by atoms with Crippen molar-refractivity contribution < 1.29 is 9.84 Å². The number of benzene rings is 1. The summed E-state index contributed by atoms with van der Waals surface area (Å²) in [7, 11) is 3.40. The number of aryl methyl sites for hydroxylation is 1. The zero-order chi connectivity index (χ0) is 13.1. The molecular weight excluding hydrogens is 252 g/mol. The second kappa shape index (κ2) is 5.42. The van der Waals surface area contributed by atoms with E-state index in [9.17, 15) is 5.11 Å². The average Bonchev–Trinajstić information content (AvgIpc) is 2.74. The third-order valence-electron chi connectivity index (χ3n) is 2.75. The maximum absolute atomic E-state index is 10.3. The first-order valence-corrected chi connectivity index (χ1v) is 5.97. The van der Waals surface area contributed by atoms with Gasteiger partial charge in [0.2, 0.25) is 0 Å². The molecule has 5 heteroatoms. The molecule has 0 fully saturated rings. The fraction of sp³-hybridized carbons (Fsp3) is 0.308. The summed E-state index contributed by atoms with van der Waals surface area (Å²) in [4.78, 5) is 0. The first kappa shape index (κ1) is 12.9. The number of aliphatic hydroxyl groups is 1. The number of rotatable bonds is 4. The molecule has 0 aliphatic rings. The van der Waals surface area contributed by atoms with Crippen molar-refractivity contribution in [2.24, 2.45) is 7.05 Å². The lowest BCUT2D eigenvalue weighted by atomic mass is 10.0. The monoisotopic (exact) mass is 266 g/mol. The SMILES string of the molecule is COc1cccc(Cl)c1C(O)Cc1cnn(C)c1. The van der Waals surface area contributed by atoms with E-state index < -0.39 is 6.10 Å². The number of hydrogen-bond acceptors (Lipinski definition) is 3. The predicted octanol–water partition coefficient (Wildman–Crippen LogP) is 2.36. The Labute approximate surface area is 111 Å². The highest BCUT2D eigenvalue weighted by molar-refractivity contribution is 6.31. The van der Waals surface area contributed by atoms with Crippen molar-refractivity contribution in [2.45, 2.75) is 12.5 Å². The maximum Gasteiger partial charge on any atom is 0.126 e. The van der Waals surface area contributed by atoms with E-state index in [1.165, 1.54) is 0 Å². The van der Waals surface area contributed by atoms with Crippen molar-refractivity contribution in [3.05, 3.63) is 46.7 Å². The van der Waals surface area contributed by atoms with E-state index >= 15 is 0 Å². The van der Waals surface area contributed by atoms with E-state index in [2.05, 4.69) is 5.10 Å². The fourth-order valence-electron chi connectivity index (χ4n) is 1.92. The molecule has 0 bridgehead atoms. The van der Waals surface area contributed by atoms with Crippen LogP contribution in [0.3, 0.4) is 0 Å². The van der Waals surface area contributed by atoms with E-state index in [0.29, 0.717) is 22.8 Å². The van der Waals surface area contributed by atoms with Crippen LogP contribution in [-0.2, 0) is 13.5 Å². The molecule has 1 atom stereocenters. The highest BCUT2D eigenvalue weighted by Crippen LogP contribution is 2.33. The van der Waals surface area contributed by atoms with Crippen molar-refractivity contribution in [1.29, 1.82) is 0 Å². The van der Waals surface area contributed by atoms with E-state index in [1.54, 1.807) is 36.2 Å². The predicted molar refractivity (Wildman–Crippen MR) is 69.9 cm³/mol. The summed E-state index contributed by atoms with van der Waals surface area (Å²) >= 11 is 6.11. The normalized spacial score (nSPS) is 12.4. The van der Waals surface area contributed by atoms with Crippen LogP contribution in [0.15, 0.2) is 30.6 Å². The second-order valence-electron chi connectivity index (χ2n) is 4.10. The molecule has 96 valence electrons. The maximum atomic E-state index is 10.3. The van der Waals surface area contributed by atoms with Crippen LogP contribution in [0.25, 0.3) is 0 Å². The average molecular weight is 267 g/mol. The van der Waals surface area contributed by atoms with Crippen LogP contribution in [0.2, 0.25) is 5.02 Å². The Morgan fingerprint density at radius 2 is 2.28 bits per heavy atom. The molecule has 18 heavy (non-hydrogen) atoms. The molecule has 1 unspecified atom stereocenters. The molecule has 2 aromatic rings. The highest BCUT2D eigenvalue weighted by atomic mass is 35.5. The fourth-order valence-corrected chi connectivity index (χ4v) is 2.21. The minimum Gasteiger partial charge on any atom is -0.496 e. The van der Waals surface area contributed by atoms with Crippen molar-refractivity contribution in [3.8, 4) is 5.75 Å². The van der Waals surface area contributed by atoms with Crippen LogP contribution in [0.1, 0.15) is 17.2 Å². The zero-order valence-electron chi connectivity index (χ0n) is 10.3. The molecule has 0 radical (unpaired) electrons. The van der Waals surface area contributed by atoms with Gasteiger partial charge in [0.25, 0.3) is 0 Å². The summed E-state index contributed by atoms with van der Waals surface area (Å²) in [5, 5.41) is 14.8. The van der Waals surface area contributed by atoms with Gasteiger partial charge < -0.3 is 9.84 Å². The van der Waals surface area contributed by atoms with Crippen molar-refractivity contribution in [1.82, 2.24) is 9.78 Å². The zero-order valence-corrected chi connectivity index (χ0v) is 11.1. The summed E-state index contributed by atoms with van der Waals surface area (Å²) in [5.41, 5.74) is 1.57. The summed E-state index contributed by atoms with van der Waals surface area (Å²) in [6.45, 7) is 0. The van der Waals surface area contributed by atoms with E-state index in [0.717, 1.165) is 5.56 Å². The topological polar surface area (TPSA) is 47.3 Å². The molecule has 0 saturated heterocycles. The molecule has 0 spiro atoms. The Bertz CT molecular complexity index is 540. The molecule has 1 N–H and O–H groups in total. The highest BCUT2D eigenvalue weighted by Gasteiger charge is 2.17. The Morgan fingerprint density at radius 3 is 2.89 bits per heavy atom. The third kappa shape index (κ3) is 2.66. The Balaban J connectivity index is 2.25. The van der Waals surface area contributed by atoms with E-state index in [1.807, 2.05) is 13.2 Å². The van der Waals surface area contributed by atoms with Crippen molar-refractivity contribution >= 4 is 11.6 Å². The lowest BCUT2D eigenvalue weighted by Gasteiger charge is -2.15. The first-order valence-electron chi connectivity index (χ1n) is 5.60. The largest absolute Gasteiger partial charge is 0.496 e. The van der Waals surface area contributed by atoms with Crippen LogP contribution >= 0.6 is 11.6 Å². The number of aliphatic hydroxyl groups excluding tert-OH is 1. The number of methoxy groups -OCH3 is 1. The van der Waals surface area contributed by atoms with Gasteiger partial charge in [-0.2, -0.15) is 5.10 Å². The van der Waals surface area contributed by atoms with Crippen LogP contribution in [0.5, 0.6) is 5.75 Å². The van der Waals surface area contributed by atoms with E-state index in [4.69, 9.17) is 16.3 Å². The molecule has 1 heterocycles. The summed E-state index contributed by atoms with van der Waals surface area (Å²) in [6.07, 6.45) is 3.34. The molecule has 1 aromatic heterocycles. The third-order valence-corrected chi connectivity index (χ3v) is 3.08. The van der Waals surface area contributed by atoms with Gasteiger partial charge in [0.1, 0.15) is 5.75 Å². The molecule has 2 rings (SSSR count). The number of nitrogens with zero attached hydrogens (tertiary/aromatic N) is 2. The number of aromatic nitrogens is 2. The number of hydrogen-bond donors (Lipinski definition) is 1. The van der Waals surface area contributed by atoms with Gasteiger partial charge >= 0.3 is 0 Å². The van der Waals surface area contributed by atoms with Gasteiger partial charge in [-0.25, -0.2) is 0 Å². The molecule has 0 amide bonds. The van der Waals surface area contributed by atoms with Gasteiger partial charge in [0.15, 0.2) is 0 Å². The Kier molecular flexibility index (Phi) is 3.89. The van der Waals surface area contributed by atoms with Crippen LogP contribution in [0, 0.1) is 0 Å². The quantitative estimate of drug-likeness (QED) is 0.924. The molecule has 1 aromatic carbocycles.